The fourth-order valence-corrected chi connectivity index (χ4v) is 4.49. The predicted molar refractivity (Wildman–Crippen MR) is 141 cm³/mol. The van der Waals surface area contributed by atoms with Gasteiger partial charge in [0.1, 0.15) is 23.7 Å². The van der Waals surface area contributed by atoms with Crippen LogP contribution in [0.4, 0.5) is 0 Å². The first-order valence-electron chi connectivity index (χ1n) is 11.8. The Labute approximate surface area is 211 Å². The van der Waals surface area contributed by atoms with Crippen LogP contribution in [0, 0.1) is 0 Å². The summed E-state index contributed by atoms with van der Waals surface area (Å²) in [6.45, 7) is 0.477. The molecule has 0 unspecified atom stereocenters. The summed E-state index contributed by atoms with van der Waals surface area (Å²) in [5, 5.41) is 9.49. The van der Waals surface area contributed by atoms with Crippen LogP contribution in [0.15, 0.2) is 102 Å². The normalized spacial score (nSPS) is 11.4. The van der Waals surface area contributed by atoms with Crippen LogP contribution in [0.3, 0.4) is 0 Å². The van der Waals surface area contributed by atoms with Crippen molar-refractivity contribution in [2.75, 3.05) is 0 Å². The van der Waals surface area contributed by atoms with Crippen LogP contribution in [0.5, 0.6) is 5.75 Å². The molecule has 0 spiro atoms. The number of H-pyrrole nitrogens is 2. The highest BCUT2D eigenvalue weighted by atomic mass is 16.5. The fraction of sp³-hybridized carbons (Fsp3) is 0.0345. The number of nitrogens with zero attached hydrogens (tertiary/aromatic N) is 4. The Hall–Kier alpha value is -5.24. The van der Waals surface area contributed by atoms with Gasteiger partial charge in [0.05, 0.1) is 24.4 Å². The van der Waals surface area contributed by atoms with Crippen molar-refractivity contribution in [1.82, 2.24) is 30.1 Å². The summed E-state index contributed by atoms with van der Waals surface area (Å²) in [6, 6.07) is 20.1. The molecule has 178 valence electrons. The van der Waals surface area contributed by atoms with Crippen molar-refractivity contribution in [1.29, 1.82) is 0 Å². The van der Waals surface area contributed by atoms with E-state index < -0.39 is 0 Å². The standard InChI is InChI=1S/C29H20N6O2/c1-2-4-18(5-3-1)16-37-22-10-20(13-30-15-22)21-11-25-27(34-35-29(25)32-14-21)26-12-24-23(19-7-9-36-17-19)6-8-31-28(24)33-26/h1-15,17H,16H2,(H,31,33)(H,32,34,35). The Kier molecular flexibility index (Phi) is 4.99. The third-order valence-electron chi connectivity index (χ3n) is 6.33. The number of hydrogen-bond donors (Lipinski definition) is 2. The van der Waals surface area contributed by atoms with E-state index in [0.717, 1.165) is 55.6 Å². The molecule has 6 aromatic heterocycles. The van der Waals surface area contributed by atoms with E-state index >= 15 is 0 Å². The molecule has 0 aliphatic carbocycles. The van der Waals surface area contributed by atoms with Crippen molar-refractivity contribution >= 4 is 22.1 Å². The molecule has 7 aromatic rings. The average molecular weight is 485 g/mol. The minimum Gasteiger partial charge on any atom is -0.487 e. The number of furan rings is 1. The zero-order valence-corrected chi connectivity index (χ0v) is 19.6. The number of rotatable bonds is 6. The average Bonchev–Trinajstić information content (AvgIpc) is 3.71. The van der Waals surface area contributed by atoms with Crippen molar-refractivity contribution < 1.29 is 9.15 Å². The first-order valence-corrected chi connectivity index (χ1v) is 11.8. The quantitative estimate of drug-likeness (QED) is 0.283. The molecule has 8 nitrogen and oxygen atoms in total. The number of hydrogen-bond acceptors (Lipinski definition) is 6. The van der Waals surface area contributed by atoms with Crippen molar-refractivity contribution in [2.24, 2.45) is 0 Å². The van der Waals surface area contributed by atoms with Gasteiger partial charge in [-0.3, -0.25) is 10.1 Å². The molecule has 8 heteroatoms. The van der Waals surface area contributed by atoms with Crippen LogP contribution in [0.1, 0.15) is 5.56 Å². The summed E-state index contributed by atoms with van der Waals surface area (Å²) >= 11 is 0. The summed E-state index contributed by atoms with van der Waals surface area (Å²) in [5.74, 6) is 0.697. The molecule has 0 aliphatic rings. The zero-order valence-electron chi connectivity index (χ0n) is 19.6. The smallest absolute Gasteiger partial charge is 0.155 e. The van der Waals surface area contributed by atoms with Gasteiger partial charge in [0.25, 0.3) is 0 Å². The van der Waals surface area contributed by atoms with Gasteiger partial charge in [-0.1, -0.05) is 30.3 Å². The van der Waals surface area contributed by atoms with E-state index in [0.29, 0.717) is 18.0 Å². The molecule has 6 heterocycles. The highest BCUT2D eigenvalue weighted by Crippen LogP contribution is 2.34. The van der Waals surface area contributed by atoms with Gasteiger partial charge in [0, 0.05) is 46.1 Å². The largest absolute Gasteiger partial charge is 0.487 e. The van der Waals surface area contributed by atoms with E-state index in [9.17, 15) is 0 Å². The number of aromatic nitrogens is 6. The predicted octanol–water partition coefficient (Wildman–Crippen LogP) is 6.40. The highest BCUT2D eigenvalue weighted by Gasteiger charge is 2.16. The first kappa shape index (κ1) is 21.1. The minimum atomic E-state index is 0.477. The molecule has 0 fully saturated rings. The van der Waals surface area contributed by atoms with Gasteiger partial charge in [-0.2, -0.15) is 5.10 Å². The number of aromatic amines is 2. The maximum Gasteiger partial charge on any atom is 0.155 e. The van der Waals surface area contributed by atoms with Crippen LogP contribution >= 0.6 is 0 Å². The maximum atomic E-state index is 5.98. The van der Waals surface area contributed by atoms with E-state index in [1.807, 2.05) is 60.9 Å². The van der Waals surface area contributed by atoms with Gasteiger partial charge in [-0.15, -0.1) is 0 Å². The number of pyridine rings is 3. The van der Waals surface area contributed by atoms with Crippen LogP contribution in [0.2, 0.25) is 0 Å². The van der Waals surface area contributed by atoms with E-state index in [1.165, 1.54) is 0 Å². The Bertz CT molecular complexity index is 1840. The molecular weight excluding hydrogens is 464 g/mol. The molecular formula is C29H20N6O2. The lowest BCUT2D eigenvalue weighted by atomic mass is 10.1. The Morgan fingerprint density at radius 3 is 2.62 bits per heavy atom. The molecule has 0 atom stereocenters. The number of benzene rings is 1. The maximum absolute atomic E-state index is 5.98. The SMILES string of the molecule is c1ccc(COc2cncc(-c3cnc4[nH]nc(-c5cc6c(-c7ccoc7)ccnc6[nH]5)c4c3)c2)cc1. The Morgan fingerprint density at radius 1 is 0.811 bits per heavy atom. The molecule has 1 aromatic carbocycles. The summed E-state index contributed by atoms with van der Waals surface area (Å²) in [5.41, 5.74) is 8.06. The summed E-state index contributed by atoms with van der Waals surface area (Å²) in [7, 11) is 0. The van der Waals surface area contributed by atoms with Gasteiger partial charge in [-0.05, 0) is 41.5 Å². The van der Waals surface area contributed by atoms with Gasteiger partial charge in [0.15, 0.2) is 5.65 Å². The van der Waals surface area contributed by atoms with Crippen molar-refractivity contribution in [2.45, 2.75) is 6.61 Å². The topological polar surface area (TPSA) is 106 Å². The molecule has 0 bridgehead atoms. The van der Waals surface area contributed by atoms with E-state index in [-0.39, 0.29) is 0 Å². The molecule has 37 heavy (non-hydrogen) atoms. The highest BCUT2D eigenvalue weighted by molar-refractivity contribution is 5.99. The van der Waals surface area contributed by atoms with Crippen molar-refractivity contribution in [3.63, 3.8) is 0 Å². The molecule has 0 saturated carbocycles. The second kappa shape index (κ2) is 8.76. The van der Waals surface area contributed by atoms with Crippen LogP contribution in [-0.2, 0) is 6.61 Å². The molecule has 0 aliphatic heterocycles. The molecule has 7 rings (SSSR count). The number of nitrogens with one attached hydrogen (secondary N) is 2. The van der Waals surface area contributed by atoms with E-state index in [1.54, 1.807) is 24.9 Å². The summed E-state index contributed by atoms with van der Waals surface area (Å²) in [6.07, 6.45) is 10.5. The molecule has 0 saturated heterocycles. The van der Waals surface area contributed by atoms with Gasteiger partial charge in [0.2, 0.25) is 0 Å². The van der Waals surface area contributed by atoms with E-state index in [2.05, 4.69) is 42.3 Å². The third-order valence-corrected chi connectivity index (χ3v) is 6.33. The monoisotopic (exact) mass is 484 g/mol. The van der Waals surface area contributed by atoms with Gasteiger partial charge in [-0.25, -0.2) is 9.97 Å². The zero-order chi connectivity index (χ0) is 24.6. The van der Waals surface area contributed by atoms with Crippen LogP contribution in [0.25, 0.3) is 55.7 Å². The third kappa shape index (κ3) is 3.90. The van der Waals surface area contributed by atoms with E-state index in [4.69, 9.17) is 9.15 Å². The second-order valence-electron chi connectivity index (χ2n) is 8.69. The Morgan fingerprint density at radius 2 is 1.73 bits per heavy atom. The Balaban J connectivity index is 1.24. The van der Waals surface area contributed by atoms with Crippen LogP contribution in [-0.4, -0.2) is 30.1 Å². The van der Waals surface area contributed by atoms with Crippen LogP contribution < -0.4 is 4.74 Å². The van der Waals surface area contributed by atoms with Gasteiger partial charge < -0.3 is 14.1 Å². The lowest BCUT2D eigenvalue weighted by Gasteiger charge is -2.08. The molecule has 0 radical (unpaired) electrons. The van der Waals surface area contributed by atoms with Gasteiger partial charge >= 0.3 is 0 Å². The minimum absolute atomic E-state index is 0.477. The second-order valence-corrected chi connectivity index (χ2v) is 8.69. The van der Waals surface area contributed by atoms with Crippen molar-refractivity contribution in [3.8, 4) is 39.4 Å². The fourth-order valence-electron chi connectivity index (χ4n) is 4.49. The number of fused-ring (bicyclic) bond motifs is 2. The first-order chi connectivity index (χ1) is 18.3. The summed E-state index contributed by atoms with van der Waals surface area (Å²) in [4.78, 5) is 16.9. The molecule has 0 amide bonds. The number of ether oxygens (including phenoxy) is 1. The molecule has 2 N–H and O–H groups in total. The lowest BCUT2D eigenvalue weighted by Crippen LogP contribution is -1.96. The lowest BCUT2D eigenvalue weighted by molar-refractivity contribution is 0.305. The van der Waals surface area contributed by atoms with Crippen molar-refractivity contribution in [3.05, 3.63) is 104 Å². The summed E-state index contributed by atoms with van der Waals surface area (Å²) < 4.78 is 11.3.